The largest absolute Gasteiger partial charge is 0.496 e. The summed E-state index contributed by atoms with van der Waals surface area (Å²) in [6, 6.07) is 4.43. The Morgan fingerprint density at radius 2 is 2.13 bits per heavy atom. The molecule has 2 N–H and O–H groups in total. The first-order valence-electron chi connectivity index (χ1n) is 8.76. The highest BCUT2D eigenvalue weighted by Gasteiger charge is 2.38. The van der Waals surface area contributed by atoms with Gasteiger partial charge in [0.1, 0.15) is 5.75 Å². The first kappa shape index (κ1) is 16.7. The second-order valence-corrected chi connectivity index (χ2v) is 7.47. The molecule has 0 amide bonds. The van der Waals surface area contributed by atoms with Crippen molar-refractivity contribution in [2.45, 2.75) is 51.9 Å². The van der Waals surface area contributed by atoms with Crippen molar-refractivity contribution in [3.8, 4) is 5.75 Å². The number of fused-ring (bicyclic) bond motifs is 3. The monoisotopic (exact) mass is 319 g/mol. The Bertz CT molecular complexity index is 558. The van der Waals surface area contributed by atoms with Crippen LogP contribution in [0.4, 0.5) is 0 Å². The number of benzene rings is 1. The van der Waals surface area contributed by atoms with Crippen LogP contribution < -0.4 is 4.74 Å². The molecule has 0 radical (unpaired) electrons. The van der Waals surface area contributed by atoms with E-state index >= 15 is 0 Å². The summed E-state index contributed by atoms with van der Waals surface area (Å²) in [7, 11) is 1.65. The summed E-state index contributed by atoms with van der Waals surface area (Å²) in [4.78, 5) is 2.52. The molecule has 4 nitrogen and oxygen atoms in total. The van der Waals surface area contributed by atoms with Crippen molar-refractivity contribution in [3.05, 3.63) is 28.8 Å². The summed E-state index contributed by atoms with van der Waals surface area (Å²) >= 11 is 0. The van der Waals surface area contributed by atoms with Gasteiger partial charge in [0.15, 0.2) is 0 Å². The van der Waals surface area contributed by atoms with Crippen LogP contribution >= 0.6 is 0 Å². The minimum Gasteiger partial charge on any atom is -0.496 e. The van der Waals surface area contributed by atoms with Crippen LogP contribution in [0.1, 0.15) is 49.4 Å². The van der Waals surface area contributed by atoms with Gasteiger partial charge in [0, 0.05) is 24.7 Å². The third-order valence-electron chi connectivity index (χ3n) is 5.43. The lowest BCUT2D eigenvalue weighted by Crippen LogP contribution is -2.48. The van der Waals surface area contributed by atoms with Gasteiger partial charge in [-0.25, -0.2) is 0 Å². The number of nitrogens with zero attached hydrogens (tertiary/aromatic N) is 1. The molecule has 2 aliphatic heterocycles. The Labute approximate surface area is 139 Å². The van der Waals surface area contributed by atoms with Gasteiger partial charge < -0.3 is 14.9 Å². The molecule has 4 heteroatoms. The minimum atomic E-state index is -0.232. The maximum Gasteiger partial charge on any atom is 0.124 e. The summed E-state index contributed by atoms with van der Waals surface area (Å²) in [6.45, 7) is 6.46. The molecule has 0 aromatic heterocycles. The normalized spacial score (nSPS) is 27.7. The maximum atomic E-state index is 10.6. The van der Waals surface area contributed by atoms with Gasteiger partial charge in [-0.15, -0.1) is 0 Å². The zero-order chi connectivity index (χ0) is 16.6. The SMILES string of the molecule is COc1cc2c(cc1CO)[C@@H]1C[C@@H](O)[C@@H](CC(C)C)CN1CC2. The molecule has 1 aromatic rings. The lowest BCUT2D eigenvalue weighted by molar-refractivity contribution is -0.0191. The average molecular weight is 319 g/mol. The minimum absolute atomic E-state index is 0.0122. The maximum absolute atomic E-state index is 10.6. The quantitative estimate of drug-likeness (QED) is 0.895. The molecular formula is C19H29NO3. The molecule has 2 aliphatic rings. The predicted octanol–water partition coefficient (Wildman–Crippen LogP) is 2.51. The molecule has 0 saturated carbocycles. The summed E-state index contributed by atoms with van der Waals surface area (Å²) in [5.74, 6) is 1.77. The lowest BCUT2D eigenvalue weighted by Gasteiger charge is -2.46. The number of aliphatic hydroxyl groups excluding tert-OH is 2. The van der Waals surface area contributed by atoms with E-state index in [4.69, 9.17) is 4.74 Å². The summed E-state index contributed by atoms with van der Waals surface area (Å²) < 4.78 is 5.40. The van der Waals surface area contributed by atoms with Crippen LogP contribution in [-0.2, 0) is 13.0 Å². The van der Waals surface area contributed by atoms with Gasteiger partial charge in [-0.1, -0.05) is 13.8 Å². The molecule has 2 heterocycles. The van der Waals surface area contributed by atoms with Crippen molar-refractivity contribution in [1.82, 2.24) is 4.90 Å². The van der Waals surface area contributed by atoms with Crippen LogP contribution in [0.25, 0.3) is 0 Å². The van der Waals surface area contributed by atoms with Gasteiger partial charge in [-0.05, 0) is 54.4 Å². The Morgan fingerprint density at radius 3 is 2.78 bits per heavy atom. The molecule has 128 valence electrons. The summed E-state index contributed by atoms with van der Waals surface area (Å²) in [5.41, 5.74) is 3.41. The van der Waals surface area contributed by atoms with Gasteiger partial charge in [0.05, 0.1) is 19.8 Å². The Hall–Kier alpha value is -1.10. The molecule has 1 fully saturated rings. The molecular weight excluding hydrogens is 290 g/mol. The number of hydrogen-bond donors (Lipinski definition) is 2. The van der Waals surface area contributed by atoms with Crippen LogP contribution in [-0.4, -0.2) is 41.4 Å². The third kappa shape index (κ3) is 3.25. The number of ether oxygens (including phenoxy) is 1. The second kappa shape index (κ2) is 6.80. The highest BCUT2D eigenvalue weighted by Crippen LogP contribution is 2.41. The van der Waals surface area contributed by atoms with E-state index in [0.717, 1.165) is 43.7 Å². The second-order valence-electron chi connectivity index (χ2n) is 7.47. The Kier molecular flexibility index (Phi) is 4.95. The topological polar surface area (TPSA) is 52.9 Å². The lowest BCUT2D eigenvalue weighted by atomic mass is 9.79. The fourth-order valence-corrected chi connectivity index (χ4v) is 4.32. The van der Waals surface area contributed by atoms with Crippen molar-refractivity contribution in [3.63, 3.8) is 0 Å². The van der Waals surface area contributed by atoms with Crippen molar-refractivity contribution < 1.29 is 14.9 Å². The standard InChI is InChI=1S/C19H29NO3/c1-12(2)6-14-10-20-5-4-13-8-19(23-3)15(11-21)7-16(13)17(20)9-18(14)22/h7-8,12,14,17-18,21-22H,4-6,9-11H2,1-3H3/t14-,17-,18+/m0/s1. The molecule has 3 rings (SSSR count). The van der Waals surface area contributed by atoms with E-state index in [1.165, 1.54) is 11.1 Å². The van der Waals surface area contributed by atoms with E-state index in [1.807, 2.05) is 0 Å². The molecule has 0 aliphatic carbocycles. The molecule has 3 atom stereocenters. The smallest absolute Gasteiger partial charge is 0.124 e. The molecule has 0 spiro atoms. The number of hydrogen-bond acceptors (Lipinski definition) is 4. The molecule has 0 bridgehead atoms. The third-order valence-corrected chi connectivity index (χ3v) is 5.43. The van der Waals surface area contributed by atoms with Crippen LogP contribution in [0.3, 0.4) is 0 Å². The Morgan fingerprint density at radius 1 is 1.35 bits per heavy atom. The van der Waals surface area contributed by atoms with Gasteiger partial charge in [-0.2, -0.15) is 0 Å². The summed E-state index contributed by atoms with van der Waals surface area (Å²) in [6.07, 6.45) is 2.66. The predicted molar refractivity (Wildman–Crippen MR) is 90.5 cm³/mol. The fourth-order valence-electron chi connectivity index (χ4n) is 4.32. The van der Waals surface area contributed by atoms with Crippen LogP contribution in [0.2, 0.25) is 0 Å². The van der Waals surface area contributed by atoms with Crippen molar-refractivity contribution >= 4 is 0 Å². The van der Waals surface area contributed by atoms with E-state index < -0.39 is 0 Å². The zero-order valence-corrected chi connectivity index (χ0v) is 14.5. The van der Waals surface area contributed by atoms with E-state index in [9.17, 15) is 10.2 Å². The first-order chi connectivity index (χ1) is 11.0. The number of methoxy groups -OCH3 is 1. The average Bonchev–Trinajstić information content (AvgIpc) is 2.53. The number of rotatable bonds is 4. The number of piperidine rings is 1. The van der Waals surface area contributed by atoms with Gasteiger partial charge >= 0.3 is 0 Å². The zero-order valence-electron chi connectivity index (χ0n) is 14.5. The van der Waals surface area contributed by atoms with Crippen molar-refractivity contribution in [1.29, 1.82) is 0 Å². The van der Waals surface area contributed by atoms with Gasteiger partial charge in [0.25, 0.3) is 0 Å². The fraction of sp³-hybridized carbons (Fsp3) is 0.684. The molecule has 0 unspecified atom stereocenters. The van der Waals surface area contributed by atoms with Gasteiger partial charge in [-0.3, -0.25) is 4.90 Å². The molecule has 23 heavy (non-hydrogen) atoms. The first-order valence-corrected chi connectivity index (χ1v) is 8.76. The van der Waals surface area contributed by atoms with Crippen LogP contribution in [0, 0.1) is 11.8 Å². The van der Waals surface area contributed by atoms with Crippen LogP contribution in [0.5, 0.6) is 5.75 Å². The van der Waals surface area contributed by atoms with E-state index in [1.54, 1.807) is 7.11 Å². The highest BCUT2D eigenvalue weighted by molar-refractivity contribution is 5.45. The Balaban J connectivity index is 1.87. The molecule has 1 aromatic carbocycles. The van der Waals surface area contributed by atoms with E-state index in [2.05, 4.69) is 30.9 Å². The highest BCUT2D eigenvalue weighted by atomic mass is 16.5. The van der Waals surface area contributed by atoms with E-state index in [0.29, 0.717) is 11.8 Å². The van der Waals surface area contributed by atoms with Crippen molar-refractivity contribution in [2.75, 3.05) is 20.2 Å². The van der Waals surface area contributed by atoms with Crippen molar-refractivity contribution in [2.24, 2.45) is 11.8 Å². The molecule has 1 saturated heterocycles. The van der Waals surface area contributed by atoms with Crippen LogP contribution in [0.15, 0.2) is 12.1 Å². The van der Waals surface area contributed by atoms with Gasteiger partial charge in [0.2, 0.25) is 0 Å². The summed E-state index contributed by atoms with van der Waals surface area (Å²) in [5, 5.41) is 20.2. The van der Waals surface area contributed by atoms with E-state index in [-0.39, 0.29) is 18.8 Å². The number of aliphatic hydroxyl groups is 2.